The van der Waals surface area contributed by atoms with Gasteiger partial charge in [0.15, 0.2) is 6.10 Å². The molecule has 1 heterocycles. The summed E-state index contributed by atoms with van der Waals surface area (Å²) < 4.78 is 10.1. The number of hydrogen-bond donors (Lipinski definition) is 2. The van der Waals surface area contributed by atoms with Gasteiger partial charge in [-0.2, -0.15) is 0 Å². The summed E-state index contributed by atoms with van der Waals surface area (Å²) in [5.41, 5.74) is 0. The molecule has 0 aliphatic carbocycles. The molecule has 1 saturated heterocycles. The van der Waals surface area contributed by atoms with E-state index in [-0.39, 0.29) is 19.3 Å². The first kappa shape index (κ1) is 21.9. The molecule has 0 aromatic carbocycles. The van der Waals surface area contributed by atoms with Gasteiger partial charge in [-0.1, -0.05) is 58.3 Å². The fourth-order valence-corrected chi connectivity index (χ4v) is 3.00. The zero-order valence-corrected chi connectivity index (χ0v) is 15.5. The Hall–Kier alpha value is -1.14. The van der Waals surface area contributed by atoms with Crippen molar-refractivity contribution in [1.82, 2.24) is 0 Å². The van der Waals surface area contributed by atoms with Crippen LogP contribution in [-0.2, 0) is 19.1 Å². The molecule has 25 heavy (non-hydrogen) atoms. The molecule has 1 aliphatic heterocycles. The minimum atomic E-state index is -2.76. The Morgan fingerprint density at radius 1 is 0.880 bits per heavy atom. The summed E-state index contributed by atoms with van der Waals surface area (Å²) >= 11 is 0. The third-order valence-electron chi connectivity index (χ3n) is 4.54. The Morgan fingerprint density at radius 3 is 2.08 bits per heavy atom. The molecule has 1 rings (SSSR count). The van der Waals surface area contributed by atoms with Crippen LogP contribution in [-0.4, -0.2) is 34.2 Å². The lowest BCUT2D eigenvalue weighted by molar-refractivity contribution is -0.360. The topological polar surface area (TPSA) is 93.1 Å². The van der Waals surface area contributed by atoms with E-state index in [0.29, 0.717) is 12.8 Å². The first-order valence-corrected chi connectivity index (χ1v) is 9.81. The van der Waals surface area contributed by atoms with Crippen LogP contribution in [0.1, 0.15) is 96.8 Å². The SMILES string of the molecule is CCCCCCCC1OC(=O)CCCCCCCCC(=O)OC1(O)O. The molecule has 1 fully saturated rings. The standard InChI is InChI=1S/C19H34O6/c1-2-3-4-7-10-13-16-19(22,23)25-18(21)15-12-9-6-5-8-11-14-17(20)24-16/h16,22-23H,2-15H2,1H3. The average molecular weight is 358 g/mol. The van der Waals surface area contributed by atoms with Gasteiger partial charge in [0.1, 0.15) is 0 Å². The molecular formula is C19H34O6. The summed E-state index contributed by atoms with van der Waals surface area (Å²) in [6, 6.07) is 0. The smallest absolute Gasteiger partial charge is 0.363 e. The number of carbonyl (C=O) groups excluding carboxylic acids is 2. The van der Waals surface area contributed by atoms with E-state index in [9.17, 15) is 19.8 Å². The van der Waals surface area contributed by atoms with Crippen molar-refractivity contribution in [3.8, 4) is 0 Å². The van der Waals surface area contributed by atoms with E-state index in [1.165, 1.54) is 0 Å². The van der Waals surface area contributed by atoms with Crippen molar-refractivity contribution in [2.24, 2.45) is 0 Å². The third kappa shape index (κ3) is 9.80. The maximum atomic E-state index is 12.0. The highest BCUT2D eigenvalue weighted by Crippen LogP contribution is 2.22. The lowest BCUT2D eigenvalue weighted by atomic mass is 10.1. The molecule has 6 nitrogen and oxygen atoms in total. The van der Waals surface area contributed by atoms with Crippen LogP contribution in [0.25, 0.3) is 0 Å². The second-order valence-electron chi connectivity index (χ2n) is 6.94. The Bertz CT molecular complexity index is 393. The minimum Gasteiger partial charge on any atom is -0.452 e. The van der Waals surface area contributed by atoms with Crippen LogP contribution < -0.4 is 0 Å². The molecule has 0 aromatic rings. The lowest BCUT2D eigenvalue weighted by Crippen LogP contribution is -2.48. The van der Waals surface area contributed by atoms with Gasteiger partial charge in [-0.25, -0.2) is 0 Å². The van der Waals surface area contributed by atoms with Gasteiger partial charge in [-0.15, -0.1) is 0 Å². The maximum absolute atomic E-state index is 12.0. The number of unbranched alkanes of at least 4 members (excludes halogenated alkanes) is 4. The Labute approximate surface area is 150 Å². The average Bonchev–Trinajstić information content (AvgIpc) is 2.54. The van der Waals surface area contributed by atoms with Crippen molar-refractivity contribution < 1.29 is 29.3 Å². The predicted molar refractivity (Wildman–Crippen MR) is 93.5 cm³/mol. The highest BCUT2D eigenvalue weighted by atomic mass is 16.8. The number of aliphatic hydroxyl groups is 2. The molecule has 6 heteroatoms. The van der Waals surface area contributed by atoms with E-state index in [0.717, 1.165) is 57.8 Å². The number of esters is 2. The van der Waals surface area contributed by atoms with Gasteiger partial charge in [0, 0.05) is 12.8 Å². The van der Waals surface area contributed by atoms with Gasteiger partial charge in [-0.3, -0.25) is 9.59 Å². The van der Waals surface area contributed by atoms with Crippen molar-refractivity contribution in [2.75, 3.05) is 0 Å². The zero-order valence-electron chi connectivity index (χ0n) is 15.5. The summed E-state index contributed by atoms with van der Waals surface area (Å²) in [6.07, 6.45) is 9.49. The minimum absolute atomic E-state index is 0.139. The van der Waals surface area contributed by atoms with Gasteiger partial charge in [0.05, 0.1) is 0 Å². The quantitative estimate of drug-likeness (QED) is 0.428. The van der Waals surface area contributed by atoms with E-state index >= 15 is 0 Å². The van der Waals surface area contributed by atoms with Crippen LogP contribution in [0, 0.1) is 0 Å². The van der Waals surface area contributed by atoms with E-state index < -0.39 is 24.0 Å². The van der Waals surface area contributed by atoms with Gasteiger partial charge in [0.25, 0.3) is 0 Å². The first-order valence-electron chi connectivity index (χ1n) is 9.81. The Kier molecular flexibility index (Phi) is 10.7. The third-order valence-corrected chi connectivity index (χ3v) is 4.54. The van der Waals surface area contributed by atoms with E-state index in [4.69, 9.17) is 9.47 Å². The van der Waals surface area contributed by atoms with Gasteiger partial charge in [0.2, 0.25) is 0 Å². The predicted octanol–water partition coefficient (Wildman–Crippen LogP) is 3.57. The molecule has 1 aliphatic rings. The molecule has 0 radical (unpaired) electrons. The number of hydrogen-bond acceptors (Lipinski definition) is 6. The van der Waals surface area contributed by atoms with Gasteiger partial charge >= 0.3 is 17.9 Å². The van der Waals surface area contributed by atoms with Crippen LogP contribution in [0.3, 0.4) is 0 Å². The highest BCUT2D eigenvalue weighted by molar-refractivity contribution is 5.70. The van der Waals surface area contributed by atoms with Crippen LogP contribution in [0.2, 0.25) is 0 Å². The van der Waals surface area contributed by atoms with Crippen molar-refractivity contribution in [3.63, 3.8) is 0 Å². The zero-order chi connectivity index (χ0) is 18.5. The molecule has 1 atom stereocenters. The van der Waals surface area contributed by atoms with Crippen molar-refractivity contribution in [3.05, 3.63) is 0 Å². The highest BCUT2D eigenvalue weighted by Gasteiger charge is 2.41. The number of ether oxygens (including phenoxy) is 2. The summed E-state index contributed by atoms with van der Waals surface area (Å²) in [5, 5.41) is 20.3. The molecule has 146 valence electrons. The Morgan fingerprint density at radius 2 is 1.44 bits per heavy atom. The summed E-state index contributed by atoms with van der Waals surface area (Å²) in [5.74, 6) is -3.91. The monoisotopic (exact) mass is 358 g/mol. The fraction of sp³-hybridized carbons (Fsp3) is 0.895. The first-order chi connectivity index (χ1) is 12.0. The van der Waals surface area contributed by atoms with Crippen LogP contribution in [0.4, 0.5) is 0 Å². The van der Waals surface area contributed by atoms with Crippen LogP contribution >= 0.6 is 0 Å². The summed E-state index contributed by atoms with van der Waals surface area (Å²) in [4.78, 5) is 23.8. The number of carbonyl (C=O) groups is 2. The molecule has 0 bridgehead atoms. The van der Waals surface area contributed by atoms with E-state index in [2.05, 4.69) is 6.92 Å². The molecule has 2 N–H and O–H groups in total. The normalized spacial score (nSPS) is 23.4. The largest absolute Gasteiger partial charge is 0.452 e. The maximum Gasteiger partial charge on any atom is 0.363 e. The molecule has 0 saturated carbocycles. The van der Waals surface area contributed by atoms with E-state index in [1.807, 2.05) is 0 Å². The van der Waals surface area contributed by atoms with Crippen LogP contribution in [0.5, 0.6) is 0 Å². The van der Waals surface area contributed by atoms with Gasteiger partial charge in [-0.05, 0) is 25.7 Å². The van der Waals surface area contributed by atoms with Gasteiger partial charge < -0.3 is 19.7 Å². The number of rotatable bonds is 6. The molecule has 0 spiro atoms. The molecule has 0 aromatic heterocycles. The lowest BCUT2D eigenvalue weighted by Gasteiger charge is -2.30. The fourth-order valence-electron chi connectivity index (χ4n) is 3.00. The van der Waals surface area contributed by atoms with Crippen molar-refractivity contribution >= 4 is 11.9 Å². The molecular weight excluding hydrogens is 324 g/mol. The second kappa shape index (κ2) is 12.3. The second-order valence-corrected chi connectivity index (χ2v) is 6.94. The Balaban J connectivity index is 2.66. The molecule has 1 unspecified atom stereocenters. The van der Waals surface area contributed by atoms with Crippen LogP contribution in [0.15, 0.2) is 0 Å². The molecule has 0 amide bonds. The van der Waals surface area contributed by atoms with Crippen molar-refractivity contribution in [1.29, 1.82) is 0 Å². The van der Waals surface area contributed by atoms with E-state index in [1.54, 1.807) is 0 Å². The summed E-state index contributed by atoms with van der Waals surface area (Å²) in [7, 11) is 0. The number of cyclic esters (lactones) is 2. The summed E-state index contributed by atoms with van der Waals surface area (Å²) in [6.45, 7) is 2.12. The van der Waals surface area contributed by atoms with Crippen molar-refractivity contribution in [2.45, 2.75) is 109 Å².